The highest BCUT2D eigenvalue weighted by atomic mass is 32.2. The quantitative estimate of drug-likeness (QED) is 0.780. The Morgan fingerprint density at radius 3 is 2.50 bits per heavy atom. The normalized spacial score (nSPS) is 14.9. The monoisotopic (exact) mass is 374 g/mol. The van der Waals surface area contributed by atoms with Crippen LogP contribution in [-0.2, 0) is 21.4 Å². The van der Waals surface area contributed by atoms with E-state index in [1.807, 2.05) is 30.3 Å². The maximum atomic E-state index is 13.0. The number of hydrogen-bond acceptors (Lipinski definition) is 4. The number of ether oxygens (including phenoxy) is 1. The maximum absolute atomic E-state index is 13.0. The molecule has 2 aromatic rings. The number of rotatable bonds is 6. The minimum atomic E-state index is -3.69. The number of methoxy groups -OCH3 is 1. The molecule has 26 heavy (non-hydrogen) atoms. The van der Waals surface area contributed by atoms with Gasteiger partial charge in [-0.2, -0.15) is 4.31 Å². The summed E-state index contributed by atoms with van der Waals surface area (Å²) < 4.78 is 32.6. The number of nitrogens with zero attached hydrogens (tertiary/aromatic N) is 2. The summed E-state index contributed by atoms with van der Waals surface area (Å²) in [6.45, 7) is 0.839. The molecule has 3 rings (SSSR count). The predicted octanol–water partition coefficient (Wildman–Crippen LogP) is 2.64. The molecule has 1 amide bonds. The van der Waals surface area contributed by atoms with Crippen molar-refractivity contribution >= 4 is 21.6 Å². The molecule has 0 saturated carbocycles. The van der Waals surface area contributed by atoms with Gasteiger partial charge in [-0.3, -0.25) is 4.79 Å². The lowest BCUT2D eigenvalue weighted by atomic mass is 10.2. The predicted molar refractivity (Wildman–Crippen MR) is 99.7 cm³/mol. The van der Waals surface area contributed by atoms with Crippen LogP contribution >= 0.6 is 0 Å². The zero-order valence-corrected chi connectivity index (χ0v) is 15.7. The first kappa shape index (κ1) is 18.4. The summed E-state index contributed by atoms with van der Waals surface area (Å²) in [5.41, 5.74) is 1.41. The van der Waals surface area contributed by atoms with Gasteiger partial charge in [0, 0.05) is 26.6 Å². The molecule has 0 spiro atoms. The summed E-state index contributed by atoms with van der Waals surface area (Å²) in [5.74, 6) is 0.473. The van der Waals surface area contributed by atoms with E-state index in [1.54, 1.807) is 18.0 Å². The molecule has 0 unspecified atom stereocenters. The molecule has 0 N–H and O–H groups in total. The van der Waals surface area contributed by atoms with Crippen molar-refractivity contribution in [1.82, 2.24) is 4.31 Å². The summed E-state index contributed by atoms with van der Waals surface area (Å²) in [4.78, 5) is 13.8. The van der Waals surface area contributed by atoms with Gasteiger partial charge in [0.25, 0.3) is 0 Å². The van der Waals surface area contributed by atoms with E-state index in [0.29, 0.717) is 24.4 Å². The van der Waals surface area contributed by atoms with Crippen molar-refractivity contribution in [3.63, 3.8) is 0 Å². The highest BCUT2D eigenvalue weighted by Crippen LogP contribution is 2.34. The average Bonchev–Trinajstić information content (AvgIpc) is 3.07. The zero-order valence-electron chi connectivity index (χ0n) is 14.9. The number of carbonyl (C=O) groups excluding carboxylic acids is 1. The molecule has 138 valence electrons. The van der Waals surface area contributed by atoms with Gasteiger partial charge in [0.1, 0.15) is 5.75 Å². The van der Waals surface area contributed by atoms with Crippen LogP contribution in [0.15, 0.2) is 53.4 Å². The number of amides is 1. The molecule has 0 aromatic heterocycles. The van der Waals surface area contributed by atoms with Crippen molar-refractivity contribution in [2.45, 2.75) is 24.3 Å². The van der Waals surface area contributed by atoms with Crippen molar-refractivity contribution in [1.29, 1.82) is 0 Å². The first-order valence-corrected chi connectivity index (χ1v) is 9.86. The molecule has 2 aromatic carbocycles. The van der Waals surface area contributed by atoms with Gasteiger partial charge in [0.15, 0.2) is 0 Å². The molecular weight excluding hydrogens is 352 g/mol. The Morgan fingerprint density at radius 2 is 1.88 bits per heavy atom. The summed E-state index contributed by atoms with van der Waals surface area (Å²) in [6.07, 6.45) is 1.22. The number of sulfonamides is 1. The molecule has 6 nitrogen and oxygen atoms in total. The first-order chi connectivity index (χ1) is 12.4. The van der Waals surface area contributed by atoms with Crippen LogP contribution in [0.5, 0.6) is 5.75 Å². The Bertz CT molecular complexity index is 897. The smallest absolute Gasteiger partial charge is 0.243 e. The SMILES string of the molecule is COc1ccc(S(=O)(=O)N(C)Cc2ccccc2)cc1N1CCCC1=O. The fourth-order valence-corrected chi connectivity index (χ4v) is 4.23. The Hall–Kier alpha value is -2.38. The third kappa shape index (κ3) is 3.59. The van der Waals surface area contributed by atoms with Crippen molar-refractivity contribution in [3.05, 3.63) is 54.1 Å². The minimum Gasteiger partial charge on any atom is -0.495 e. The molecule has 1 fully saturated rings. The Balaban J connectivity index is 1.93. The summed E-state index contributed by atoms with van der Waals surface area (Å²) in [7, 11) is -0.634. The second-order valence-corrected chi connectivity index (χ2v) is 8.27. The largest absolute Gasteiger partial charge is 0.495 e. The molecule has 1 heterocycles. The molecule has 1 saturated heterocycles. The van der Waals surface area contributed by atoms with E-state index in [9.17, 15) is 13.2 Å². The van der Waals surface area contributed by atoms with E-state index in [0.717, 1.165) is 12.0 Å². The minimum absolute atomic E-state index is 0.0181. The summed E-state index contributed by atoms with van der Waals surface area (Å²) in [5, 5.41) is 0. The molecule has 0 aliphatic carbocycles. The first-order valence-electron chi connectivity index (χ1n) is 8.42. The van der Waals surface area contributed by atoms with Gasteiger partial charge in [0.05, 0.1) is 17.7 Å². The van der Waals surface area contributed by atoms with E-state index in [-0.39, 0.29) is 17.3 Å². The van der Waals surface area contributed by atoms with Crippen LogP contribution in [0, 0.1) is 0 Å². The van der Waals surface area contributed by atoms with Gasteiger partial charge in [-0.1, -0.05) is 30.3 Å². The van der Waals surface area contributed by atoms with Gasteiger partial charge >= 0.3 is 0 Å². The lowest BCUT2D eigenvalue weighted by molar-refractivity contribution is -0.117. The topological polar surface area (TPSA) is 66.9 Å². The summed E-state index contributed by atoms with van der Waals surface area (Å²) in [6, 6.07) is 14.0. The van der Waals surface area contributed by atoms with Crippen molar-refractivity contribution in [3.8, 4) is 5.75 Å². The molecule has 0 radical (unpaired) electrons. The third-order valence-electron chi connectivity index (χ3n) is 4.47. The van der Waals surface area contributed by atoms with Gasteiger partial charge < -0.3 is 9.64 Å². The van der Waals surface area contributed by atoms with Gasteiger partial charge in [0.2, 0.25) is 15.9 Å². The van der Waals surface area contributed by atoms with Crippen LogP contribution in [0.25, 0.3) is 0 Å². The van der Waals surface area contributed by atoms with Crippen LogP contribution in [-0.4, -0.2) is 39.3 Å². The number of anilines is 1. The second kappa shape index (κ2) is 7.47. The maximum Gasteiger partial charge on any atom is 0.243 e. The van der Waals surface area contributed by atoms with Crippen LogP contribution in [0.1, 0.15) is 18.4 Å². The Labute approximate surface area is 154 Å². The van der Waals surface area contributed by atoms with Crippen molar-refractivity contribution in [2.24, 2.45) is 0 Å². The van der Waals surface area contributed by atoms with Crippen LogP contribution < -0.4 is 9.64 Å². The molecule has 0 atom stereocenters. The average molecular weight is 374 g/mol. The van der Waals surface area contributed by atoms with E-state index < -0.39 is 10.0 Å². The fourth-order valence-electron chi connectivity index (χ4n) is 3.05. The highest BCUT2D eigenvalue weighted by Gasteiger charge is 2.28. The fraction of sp³-hybridized carbons (Fsp3) is 0.316. The molecular formula is C19H22N2O4S. The second-order valence-electron chi connectivity index (χ2n) is 6.23. The van der Waals surface area contributed by atoms with E-state index in [4.69, 9.17) is 4.74 Å². The number of benzene rings is 2. The number of carbonyl (C=O) groups is 1. The van der Waals surface area contributed by atoms with Crippen molar-refractivity contribution in [2.75, 3.05) is 25.6 Å². The van der Waals surface area contributed by atoms with Crippen LogP contribution in [0.4, 0.5) is 5.69 Å². The Morgan fingerprint density at radius 1 is 1.15 bits per heavy atom. The van der Waals surface area contributed by atoms with Crippen molar-refractivity contribution < 1.29 is 17.9 Å². The van der Waals surface area contributed by atoms with E-state index >= 15 is 0 Å². The molecule has 0 bridgehead atoms. The molecule has 1 aliphatic rings. The van der Waals surface area contributed by atoms with E-state index in [2.05, 4.69) is 0 Å². The van der Waals surface area contributed by atoms with Crippen LogP contribution in [0.3, 0.4) is 0 Å². The zero-order chi connectivity index (χ0) is 18.7. The lowest BCUT2D eigenvalue weighted by Crippen LogP contribution is -2.28. The highest BCUT2D eigenvalue weighted by molar-refractivity contribution is 7.89. The number of hydrogen-bond donors (Lipinski definition) is 0. The lowest BCUT2D eigenvalue weighted by Gasteiger charge is -2.22. The summed E-state index contributed by atoms with van der Waals surface area (Å²) >= 11 is 0. The third-order valence-corrected chi connectivity index (χ3v) is 6.27. The Kier molecular flexibility index (Phi) is 5.29. The van der Waals surface area contributed by atoms with Gasteiger partial charge in [-0.05, 0) is 30.2 Å². The molecule has 1 aliphatic heterocycles. The van der Waals surface area contributed by atoms with Gasteiger partial charge in [-0.25, -0.2) is 8.42 Å². The van der Waals surface area contributed by atoms with Crippen LogP contribution in [0.2, 0.25) is 0 Å². The molecule has 7 heteroatoms. The van der Waals surface area contributed by atoms with E-state index in [1.165, 1.54) is 23.5 Å². The van der Waals surface area contributed by atoms with Gasteiger partial charge in [-0.15, -0.1) is 0 Å². The standard InChI is InChI=1S/C19H22N2O4S/c1-20(14-15-7-4-3-5-8-15)26(23,24)16-10-11-18(25-2)17(13-16)21-12-6-9-19(21)22/h3-5,7-8,10-11,13H,6,9,12,14H2,1-2H3.